The van der Waals surface area contributed by atoms with Crippen molar-refractivity contribution in [2.75, 3.05) is 26.9 Å². The van der Waals surface area contributed by atoms with Crippen molar-refractivity contribution >= 4 is 17.4 Å². The fraction of sp³-hybridized carbons (Fsp3) is 0.250. The lowest BCUT2D eigenvalue weighted by Gasteiger charge is -2.25. The van der Waals surface area contributed by atoms with Crippen molar-refractivity contribution < 1.29 is 29.3 Å². The number of ether oxygens (including phenoxy) is 2. The van der Waals surface area contributed by atoms with Gasteiger partial charge >= 0.3 is 0 Å². The Bertz CT molecular complexity index is 978. The van der Waals surface area contributed by atoms with Crippen molar-refractivity contribution in [2.24, 2.45) is 0 Å². The fourth-order valence-electron chi connectivity index (χ4n) is 3.51. The van der Waals surface area contributed by atoms with Gasteiger partial charge in [0.05, 0.1) is 11.6 Å². The highest BCUT2D eigenvalue weighted by Crippen LogP contribution is 2.40. The average Bonchev–Trinajstić information content (AvgIpc) is 3.03. The maximum absolute atomic E-state index is 12.9. The number of methoxy groups -OCH3 is 1. The molecule has 0 radical (unpaired) electrons. The van der Waals surface area contributed by atoms with Crippen molar-refractivity contribution in [3.05, 3.63) is 77.9 Å². The SMILES string of the molecule is C=CCOc1ccc(C(O)=C2C(=O)C(=O)N(CCCOC)[C@H]2c2ccc(O)cc2)cc1. The second-order valence-corrected chi connectivity index (χ2v) is 7.05. The molecule has 1 aliphatic rings. The Kier molecular flexibility index (Phi) is 7.10. The molecular weight excluding hydrogens is 398 g/mol. The van der Waals surface area contributed by atoms with Gasteiger partial charge in [-0.3, -0.25) is 9.59 Å². The van der Waals surface area contributed by atoms with E-state index in [0.717, 1.165) is 0 Å². The van der Waals surface area contributed by atoms with Crippen molar-refractivity contribution in [1.82, 2.24) is 4.90 Å². The quantitative estimate of drug-likeness (QED) is 0.211. The Balaban J connectivity index is 2.03. The molecule has 1 fully saturated rings. The number of amides is 1. The first kappa shape index (κ1) is 22.1. The van der Waals surface area contributed by atoms with Crippen molar-refractivity contribution in [3.63, 3.8) is 0 Å². The molecule has 0 spiro atoms. The van der Waals surface area contributed by atoms with Gasteiger partial charge in [0.1, 0.15) is 23.9 Å². The number of aromatic hydroxyl groups is 1. The van der Waals surface area contributed by atoms with Crippen molar-refractivity contribution in [3.8, 4) is 11.5 Å². The van der Waals surface area contributed by atoms with Crippen LogP contribution in [0.4, 0.5) is 0 Å². The summed E-state index contributed by atoms with van der Waals surface area (Å²) in [6, 6.07) is 12.1. The number of phenols is 1. The number of hydrogen-bond acceptors (Lipinski definition) is 6. The summed E-state index contributed by atoms with van der Waals surface area (Å²) >= 11 is 0. The molecular formula is C24H25NO6. The zero-order valence-electron chi connectivity index (χ0n) is 17.3. The Morgan fingerprint density at radius 1 is 1.13 bits per heavy atom. The third kappa shape index (κ3) is 4.78. The summed E-state index contributed by atoms with van der Waals surface area (Å²) in [5.41, 5.74) is 1.01. The normalized spacial score (nSPS) is 17.7. The second kappa shape index (κ2) is 9.95. The summed E-state index contributed by atoms with van der Waals surface area (Å²) in [5.74, 6) is -1.04. The van der Waals surface area contributed by atoms with Crippen LogP contribution in [-0.4, -0.2) is 53.7 Å². The molecule has 1 atom stereocenters. The fourth-order valence-corrected chi connectivity index (χ4v) is 3.51. The molecule has 162 valence electrons. The number of ketones is 1. The first-order valence-electron chi connectivity index (χ1n) is 9.88. The molecule has 1 saturated heterocycles. The summed E-state index contributed by atoms with van der Waals surface area (Å²) in [4.78, 5) is 27.1. The van der Waals surface area contributed by atoms with Crippen LogP contribution in [0.15, 0.2) is 66.8 Å². The Morgan fingerprint density at radius 3 is 2.42 bits per heavy atom. The van der Waals surface area contributed by atoms with Gasteiger partial charge in [-0.15, -0.1) is 0 Å². The first-order valence-corrected chi connectivity index (χ1v) is 9.88. The average molecular weight is 423 g/mol. The summed E-state index contributed by atoms with van der Waals surface area (Å²) < 4.78 is 10.5. The number of hydrogen-bond donors (Lipinski definition) is 2. The van der Waals surface area contributed by atoms with Gasteiger partial charge in [-0.05, 0) is 48.4 Å². The van der Waals surface area contributed by atoms with Crippen LogP contribution < -0.4 is 4.74 Å². The molecule has 7 heteroatoms. The zero-order valence-corrected chi connectivity index (χ0v) is 17.3. The number of nitrogens with zero attached hydrogens (tertiary/aromatic N) is 1. The third-order valence-electron chi connectivity index (χ3n) is 4.99. The van der Waals surface area contributed by atoms with E-state index in [2.05, 4.69) is 6.58 Å². The molecule has 2 N–H and O–H groups in total. The molecule has 1 amide bonds. The Morgan fingerprint density at radius 2 is 1.81 bits per heavy atom. The summed E-state index contributed by atoms with van der Waals surface area (Å²) in [5, 5.41) is 20.6. The van der Waals surface area contributed by atoms with Gasteiger partial charge in [-0.1, -0.05) is 24.8 Å². The van der Waals surface area contributed by atoms with E-state index >= 15 is 0 Å². The third-order valence-corrected chi connectivity index (χ3v) is 4.99. The highest BCUT2D eigenvalue weighted by atomic mass is 16.5. The number of Topliss-reactive ketones (excluding diaryl/α,β-unsaturated/α-hetero) is 1. The predicted molar refractivity (Wildman–Crippen MR) is 116 cm³/mol. The van der Waals surface area contributed by atoms with E-state index in [4.69, 9.17) is 9.47 Å². The summed E-state index contributed by atoms with van der Waals surface area (Å²) in [6.45, 7) is 4.66. The lowest BCUT2D eigenvalue weighted by molar-refractivity contribution is -0.140. The number of carbonyl (C=O) groups is 2. The number of carbonyl (C=O) groups excluding carboxylic acids is 2. The van der Waals surface area contributed by atoms with Crippen LogP contribution >= 0.6 is 0 Å². The monoisotopic (exact) mass is 423 g/mol. The van der Waals surface area contributed by atoms with Gasteiger partial charge < -0.3 is 24.6 Å². The highest BCUT2D eigenvalue weighted by Gasteiger charge is 2.45. The van der Waals surface area contributed by atoms with Crippen molar-refractivity contribution in [1.29, 1.82) is 0 Å². The van der Waals surface area contributed by atoms with Gasteiger partial charge in [0.2, 0.25) is 0 Å². The van der Waals surface area contributed by atoms with Crippen LogP contribution in [0.25, 0.3) is 5.76 Å². The smallest absolute Gasteiger partial charge is 0.295 e. The standard InChI is InChI=1S/C24H25NO6/c1-3-14-31-19-11-7-17(8-12-19)22(27)20-21(16-5-9-18(26)10-6-16)25(13-4-15-30-2)24(29)23(20)28/h3,5-12,21,26-27H,1,4,13-15H2,2H3/t21-/m0/s1. The van der Waals surface area contributed by atoms with Crippen LogP contribution in [-0.2, 0) is 14.3 Å². The molecule has 1 aliphatic heterocycles. The molecule has 1 heterocycles. The summed E-state index contributed by atoms with van der Waals surface area (Å²) in [6.07, 6.45) is 2.16. The number of likely N-dealkylation sites (tertiary alicyclic amines) is 1. The number of rotatable bonds is 9. The minimum atomic E-state index is -0.769. The molecule has 0 bridgehead atoms. The van der Waals surface area contributed by atoms with E-state index in [1.54, 1.807) is 49.6 Å². The minimum absolute atomic E-state index is 0.00728. The summed E-state index contributed by atoms with van der Waals surface area (Å²) in [7, 11) is 1.56. The second-order valence-electron chi connectivity index (χ2n) is 7.05. The number of aliphatic hydroxyl groups is 1. The van der Waals surface area contributed by atoms with E-state index in [9.17, 15) is 19.8 Å². The molecule has 31 heavy (non-hydrogen) atoms. The lowest BCUT2D eigenvalue weighted by atomic mass is 9.95. The Labute approximate surface area is 180 Å². The minimum Gasteiger partial charge on any atom is -0.508 e. The molecule has 0 aliphatic carbocycles. The molecule has 0 unspecified atom stereocenters. The van der Waals surface area contributed by atoms with Gasteiger partial charge in [0.25, 0.3) is 11.7 Å². The topological polar surface area (TPSA) is 96.3 Å². The highest BCUT2D eigenvalue weighted by molar-refractivity contribution is 6.46. The van der Waals surface area contributed by atoms with Gasteiger partial charge in [-0.2, -0.15) is 0 Å². The molecule has 2 aromatic rings. The van der Waals surface area contributed by atoms with E-state index < -0.39 is 17.7 Å². The predicted octanol–water partition coefficient (Wildman–Crippen LogP) is 3.42. The van der Waals surface area contributed by atoms with Crippen LogP contribution in [0, 0.1) is 0 Å². The van der Waals surface area contributed by atoms with Crippen LogP contribution in [0.5, 0.6) is 11.5 Å². The first-order chi connectivity index (χ1) is 15.0. The molecule has 2 aromatic carbocycles. The molecule has 7 nitrogen and oxygen atoms in total. The molecule has 0 aromatic heterocycles. The van der Waals surface area contributed by atoms with E-state index in [1.807, 2.05) is 0 Å². The van der Waals surface area contributed by atoms with Gasteiger partial charge in [-0.25, -0.2) is 0 Å². The maximum Gasteiger partial charge on any atom is 0.295 e. The van der Waals surface area contributed by atoms with Crippen LogP contribution in [0.2, 0.25) is 0 Å². The lowest BCUT2D eigenvalue weighted by Crippen LogP contribution is -2.31. The van der Waals surface area contributed by atoms with Crippen LogP contribution in [0.3, 0.4) is 0 Å². The number of benzene rings is 2. The number of phenolic OH excluding ortho intramolecular Hbond substituents is 1. The van der Waals surface area contributed by atoms with Gasteiger partial charge in [0, 0.05) is 25.8 Å². The molecule has 0 saturated carbocycles. The van der Waals surface area contributed by atoms with E-state index in [1.165, 1.54) is 17.0 Å². The zero-order chi connectivity index (χ0) is 22.4. The van der Waals surface area contributed by atoms with Gasteiger partial charge in [0.15, 0.2) is 0 Å². The van der Waals surface area contributed by atoms with Crippen LogP contribution in [0.1, 0.15) is 23.6 Å². The molecule has 3 rings (SSSR count). The maximum atomic E-state index is 12.9. The Hall–Kier alpha value is -3.58. The van der Waals surface area contributed by atoms with Crippen molar-refractivity contribution in [2.45, 2.75) is 12.5 Å². The van der Waals surface area contributed by atoms with E-state index in [-0.39, 0.29) is 23.6 Å². The number of aliphatic hydroxyl groups excluding tert-OH is 1. The van der Waals surface area contributed by atoms with E-state index in [0.29, 0.717) is 36.5 Å². The largest absolute Gasteiger partial charge is 0.508 e.